The van der Waals surface area contributed by atoms with Gasteiger partial charge in [-0.15, -0.1) is 0 Å². The van der Waals surface area contributed by atoms with Gasteiger partial charge in [-0.05, 0) is 50.5 Å². The molecule has 1 N–H and O–H groups in total. The van der Waals surface area contributed by atoms with Crippen molar-refractivity contribution >= 4 is 33.3 Å². The number of carbonyl (C=O) groups is 3. The number of Topliss-reactive ketones (excluding diaryl/α,β-unsaturated/α-hetero) is 1. The van der Waals surface area contributed by atoms with Crippen molar-refractivity contribution in [3.63, 3.8) is 0 Å². The van der Waals surface area contributed by atoms with E-state index in [4.69, 9.17) is 0 Å². The molecule has 1 saturated heterocycles. The predicted octanol–water partition coefficient (Wildman–Crippen LogP) is 2.85. The van der Waals surface area contributed by atoms with Crippen LogP contribution in [0.2, 0.25) is 0 Å². The van der Waals surface area contributed by atoms with Gasteiger partial charge in [0, 0.05) is 24.3 Å². The molecule has 1 fully saturated rings. The fraction of sp³-hybridized carbons (Fsp3) is 0.400. The lowest BCUT2D eigenvalue weighted by atomic mass is 9.94. The highest BCUT2D eigenvalue weighted by atomic mass is 32.2. The van der Waals surface area contributed by atoms with Crippen molar-refractivity contribution in [3.8, 4) is 0 Å². The molecule has 0 unspecified atom stereocenters. The zero-order valence-corrected chi connectivity index (χ0v) is 20.8. The summed E-state index contributed by atoms with van der Waals surface area (Å²) >= 11 is 0. The van der Waals surface area contributed by atoms with E-state index < -0.39 is 33.9 Å². The van der Waals surface area contributed by atoms with Gasteiger partial charge in [0.2, 0.25) is 21.8 Å². The maximum Gasteiger partial charge on any atom is 0.247 e. The fourth-order valence-corrected chi connectivity index (χ4v) is 5.51. The molecule has 2 aromatic carbocycles. The van der Waals surface area contributed by atoms with Gasteiger partial charge in [0.25, 0.3) is 0 Å². The van der Waals surface area contributed by atoms with Gasteiger partial charge in [-0.25, -0.2) is 8.42 Å². The third-order valence-electron chi connectivity index (χ3n) is 5.93. The van der Waals surface area contributed by atoms with Crippen molar-refractivity contribution in [1.82, 2.24) is 9.62 Å². The lowest BCUT2D eigenvalue weighted by Crippen LogP contribution is -2.70. The van der Waals surface area contributed by atoms with Gasteiger partial charge in [-0.3, -0.25) is 19.3 Å². The molecule has 34 heavy (non-hydrogen) atoms. The highest BCUT2D eigenvalue weighted by Crippen LogP contribution is 2.32. The standard InChI is InChI=1S/C25H31N3O5S/c1-18(2)13-14-26-24(31)25(4)17-27(34(32,33)22-11-6-5-7-12-22)16-23(30)28(25)21-10-8-9-20(15-21)19(3)29/h5-12,15,18H,13-14,16-17H2,1-4H3,(H,26,31)/t25-/m0/s1. The molecule has 2 amide bonds. The number of nitrogens with one attached hydrogen (secondary N) is 1. The molecule has 1 atom stereocenters. The molecular formula is C25H31N3O5S. The van der Waals surface area contributed by atoms with E-state index in [1.54, 1.807) is 49.4 Å². The average Bonchev–Trinajstić information content (AvgIpc) is 2.79. The van der Waals surface area contributed by atoms with Gasteiger partial charge in [0.05, 0.1) is 11.4 Å². The second-order valence-corrected chi connectivity index (χ2v) is 11.1. The van der Waals surface area contributed by atoms with Crippen LogP contribution in [0.4, 0.5) is 5.69 Å². The number of piperazine rings is 1. The number of rotatable bonds is 8. The largest absolute Gasteiger partial charge is 0.354 e. The van der Waals surface area contributed by atoms with Crippen LogP contribution >= 0.6 is 0 Å². The number of anilines is 1. The second kappa shape index (κ2) is 10.1. The van der Waals surface area contributed by atoms with E-state index >= 15 is 0 Å². The number of ketones is 1. The molecule has 8 nitrogen and oxygen atoms in total. The average molecular weight is 486 g/mol. The van der Waals surface area contributed by atoms with Crippen LogP contribution in [-0.2, 0) is 19.6 Å². The Morgan fingerprint density at radius 1 is 1.09 bits per heavy atom. The maximum atomic E-state index is 13.5. The highest BCUT2D eigenvalue weighted by molar-refractivity contribution is 7.89. The monoisotopic (exact) mass is 485 g/mol. The first kappa shape index (κ1) is 25.6. The number of nitrogens with zero attached hydrogens (tertiary/aromatic N) is 2. The summed E-state index contributed by atoms with van der Waals surface area (Å²) in [7, 11) is -4.01. The Morgan fingerprint density at radius 3 is 2.38 bits per heavy atom. The summed E-state index contributed by atoms with van der Waals surface area (Å²) in [6.07, 6.45) is 0.738. The predicted molar refractivity (Wildman–Crippen MR) is 130 cm³/mol. The third kappa shape index (κ3) is 5.20. The van der Waals surface area contributed by atoms with Gasteiger partial charge < -0.3 is 5.32 Å². The normalized spacial score (nSPS) is 19.3. The first-order chi connectivity index (χ1) is 16.0. The summed E-state index contributed by atoms with van der Waals surface area (Å²) in [5.74, 6) is -0.822. The van der Waals surface area contributed by atoms with Crippen molar-refractivity contribution in [2.75, 3.05) is 24.5 Å². The molecule has 0 aliphatic carbocycles. The number of amides is 2. The molecule has 3 rings (SSSR count). The van der Waals surface area contributed by atoms with E-state index in [0.717, 1.165) is 10.7 Å². The molecular weight excluding hydrogens is 454 g/mol. The van der Waals surface area contributed by atoms with Crippen molar-refractivity contribution in [1.29, 1.82) is 0 Å². The summed E-state index contributed by atoms with van der Waals surface area (Å²) in [4.78, 5) is 40.2. The van der Waals surface area contributed by atoms with Gasteiger partial charge in [-0.1, -0.05) is 44.2 Å². The van der Waals surface area contributed by atoms with E-state index in [2.05, 4.69) is 5.32 Å². The van der Waals surface area contributed by atoms with Crippen LogP contribution in [0.3, 0.4) is 0 Å². The Hall–Kier alpha value is -3.04. The van der Waals surface area contributed by atoms with Crippen molar-refractivity contribution in [2.45, 2.75) is 44.6 Å². The minimum atomic E-state index is -4.01. The molecule has 0 saturated carbocycles. The van der Waals surface area contributed by atoms with Gasteiger partial charge >= 0.3 is 0 Å². The van der Waals surface area contributed by atoms with Crippen molar-refractivity contribution in [2.24, 2.45) is 5.92 Å². The second-order valence-electron chi connectivity index (χ2n) is 9.13. The first-order valence-corrected chi connectivity index (χ1v) is 12.7. The molecule has 9 heteroatoms. The Labute approximate surface area is 201 Å². The summed E-state index contributed by atoms with van der Waals surface area (Å²) < 4.78 is 27.7. The minimum absolute atomic E-state index is 0.0531. The molecule has 0 aromatic heterocycles. The Balaban J connectivity index is 2.04. The fourth-order valence-electron chi connectivity index (χ4n) is 4.01. The number of sulfonamides is 1. The minimum Gasteiger partial charge on any atom is -0.354 e. The number of hydrogen-bond acceptors (Lipinski definition) is 5. The van der Waals surface area contributed by atoms with Crippen LogP contribution in [0.5, 0.6) is 0 Å². The lowest BCUT2D eigenvalue weighted by Gasteiger charge is -2.46. The van der Waals surface area contributed by atoms with Crippen LogP contribution in [0, 0.1) is 5.92 Å². The number of benzene rings is 2. The van der Waals surface area contributed by atoms with E-state index in [0.29, 0.717) is 23.7 Å². The van der Waals surface area contributed by atoms with Crippen LogP contribution in [-0.4, -0.2) is 55.5 Å². The Bertz CT molecular complexity index is 1180. The molecule has 0 radical (unpaired) electrons. The third-order valence-corrected chi connectivity index (χ3v) is 7.73. The van der Waals surface area contributed by atoms with Gasteiger partial charge in [0.1, 0.15) is 5.54 Å². The van der Waals surface area contributed by atoms with E-state index in [1.807, 2.05) is 13.8 Å². The highest BCUT2D eigenvalue weighted by Gasteiger charge is 2.51. The van der Waals surface area contributed by atoms with Crippen LogP contribution in [0.1, 0.15) is 44.5 Å². The SMILES string of the molecule is CC(=O)c1cccc(N2C(=O)CN(S(=O)(=O)c3ccccc3)C[C@@]2(C)C(=O)NCCC(C)C)c1. The first-order valence-electron chi connectivity index (χ1n) is 11.2. The Morgan fingerprint density at radius 2 is 1.76 bits per heavy atom. The molecule has 182 valence electrons. The molecule has 1 aliphatic heterocycles. The van der Waals surface area contributed by atoms with E-state index in [9.17, 15) is 22.8 Å². The maximum absolute atomic E-state index is 13.5. The summed E-state index contributed by atoms with van der Waals surface area (Å²) in [5.41, 5.74) is -0.757. The molecule has 2 aromatic rings. The molecule has 1 aliphatic rings. The lowest BCUT2D eigenvalue weighted by molar-refractivity contribution is -0.132. The summed E-state index contributed by atoms with van der Waals surface area (Å²) in [6, 6.07) is 14.3. The zero-order chi connectivity index (χ0) is 25.1. The zero-order valence-electron chi connectivity index (χ0n) is 19.9. The van der Waals surface area contributed by atoms with Gasteiger partial charge in [0.15, 0.2) is 5.78 Å². The van der Waals surface area contributed by atoms with Crippen LogP contribution in [0.15, 0.2) is 59.5 Å². The van der Waals surface area contributed by atoms with E-state index in [1.165, 1.54) is 24.0 Å². The van der Waals surface area contributed by atoms with E-state index in [-0.39, 0.29) is 17.2 Å². The van der Waals surface area contributed by atoms with Gasteiger partial charge in [-0.2, -0.15) is 4.31 Å². The molecule has 1 heterocycles. The quantitative estimate of drug-likeness (QED) is 0.579. The van der Waals surface area contributed by atoms with Crippen molar-refractivity contribution in [3.05, 3.63) is 60.2 Å². The smallest absolute Gasteiger partial charge is 0.247 e. The molecule has 0 spiro atoms. The topological polar surface area (TPSA) is 104 Å². The summed E-state index contributed by atoms with van der Waals surface area (Å²) in [5, 5.41) is 2.87. The summed E-state index contributed by atoms with van der Waals surface area (Å²) in [6.45, 7) is 6.79. The van der Waals surface area contributed by atoms with Crippen molar-refractivity contribution < 1.29 is 22.8 Å². The number of carbonyl (C=O) groups excluding carboxylic acids is 3. The van der Waals surface area contributed by atoms with Crippen LogP contribution in [0.25, 0.3) is 0 Å². The Kier molecular flexibility index (Phi) is 7.57. The molecule has 0 bridgehead atoms. The van der Waals surface area contributed by atoms with Crippen LogP contribution < -0.4 is 10.2 Å². The number of hydrogen-bond donors (Lipinski definition) is 1.